The van der Waals surface area contributed by atoms with E-state index >= 15 is 0 Å². The Labute approximate surface area is 222 Å². The molecule has 2 aromatic carbocycles. The second-order valence-electron chi connectivity index (χ2n) is 8.69. The Morgan fingerprint density at radius 3 is 2.34 bits per heavy atom. The van der Waals surface area contributed by atoms with E-state index in [1.807, 2.05) is 0 Å². The zero-order chi connectivity index (χ0) is 28.0. The summed E-state index contributed by atoms with van der Waals surface area (Å²) in [5.74, 6) is -1.82. The maximum atomic E-state index is 14.2. The van der Waals surface area contributed by atoms with Gasteiger partial charge in [-0.3, -0.25) is 14.4 Å². The number of alkyl halides is 6. The molecule has 0 bridgehead atoms. The summed E-state index contributed by atoms with van der Waals surface area (Å²) in [6.45, 7) is -0.984. The van der Waals surface area contributed by atoms with Crippen molar-refractivity contribution in [3.8, 4) is 0 Å². The predicted molar refractivity (Wildman–Crippen MR) is 124 cm³/mol. The number of carbonyl (C=O) groups is 2. The summed E-state index contributed by atoms with van der Waals surface area (Å²) in [7, 11) is 0. The number of nitrogens with zero attached hydrogens (tertiary/aromatic N) is 1. The number of aryl methyl sites for hydroxylation is 1. The summed E-state index contributed by atoms with van der Waals surface area (Å²) in [4.78, 5) is 29.5. The molecule has 14 heteroatoms. The smallest absolute Gasteiger partial charge is 0.352 e. The van der Waals surface area contributed by atoms with Crippen LogP contribution in [0.5, 0.6) is 0 Å². The number of ether oxygens (including phenoxy) is 1. The first-order valence-corrected chi connectivity index (χ1v) is 11.7. The second-order valence-corrected chi connectivity index (χ2v) is 9.56. The Bertz CT molecular complexity index is 1290. The van der Waals surface area contributed by atoms with E-state index in [1.54, 1.807) is 0 Å². The zero-order valence-electron chi connectivity index (χ0n) is 19.3. The van der Waals surface area contributed by atoms with Crippen LogP contribution in [0.15, 0.2) is 42.5 Å². The molecule has 2 aliphatic rings. The van der Waals surface area contributed by atoms with E-state index in [0.29, 0.717) is 11.1 Å². The van der Waals surface area contributed by atoms with Gasteiger partial charge in [-0.15, -0.1) is 0 Å². The Morgan fingerprint density at radius 2 is 1.76 bits per heavy atom. The molecule has 0 saturated carbocycles. The molecule has 2 aliphatic heterocycles. The predicted octanol–water partition coefficient (Wildman–Crippen LogP) is 5.61. The lowest BCUT2D eigenvalue weighted by molar-refractivity contribution is -0.254. The van der Waals surface area contributed by atoms with Gasteiger partial charge < -0.3 is 10.1 Å². The van der Waals surface area contributed by atoms with Crippen LogP contribution in [0.1, 0.15) is 27.0 Å². The number of nitrogens with one attached hydrogen (secondary N) is 1. The largest absolute Gasteiger partial charge is 0.425 e. The van der Waals surface area contributed by atoms with Crippen LogP contribution in [0, 0.1) is 6.92 Å². The third-order valence-corrected chi connectivity index (χ3v) is 6.39. The molecule has 0 aromatic heterocycles. The molecule has 1 saturated heterocycles. The van der Waals surface area contributed by atoms with Gasteiger partial charge in [0.25, 0.3) is 11.8 Å². The maximum Gasteiger partial charge on any atom is 0.425 e. The van der Waals surface area contributed by atoms with Crippen molar-refractivity contribution in [2.75, 3.05) is 19.8 Å². The van der Waals surface area contributed by atoms with Crippen molar-refractivity contribution < 1.29 is 45.5 Å². The quantitative estimate of drug-likeness (QED) is 0.465. The molecule has 2 heterocycles. The molecule has 2 aromatic rings. The number of hydrogen-bond acceptors (Lipinski definition) is 4. The Kier molecular flexibility index (Phi) is 7.47. The fourth-order valence-corrected chi connectivity index (χ4v) is 4.69. The molecule has 0 radical (unpaired) electrons. The van der Waals surface area contributed by atoms with Crippen LogP contribution in [-0.4, -0.2) is 55.0 Å². The van der Waals surface area contributed by atoms with Crippen molar-refractivity contribution in [2.24, 2.45) is 0 Å². The van der Waals surface area contributed by atoms with E-state index in [1.165, 1.54) is 31.2 Å². The van der Waals surface area contributed by atoms with E-state index in [2.05, 4.69) is 5.32 Å². The first-order chi connectivity index (χ1) is 17.6. The molecule has 0 aliphatic carbocycles. The highest BCUT2D eigenvalue weighted by atomic mass is 35.5. The molecule has 6 nitrogen and oxygen atoms in total. The summed E-state index contributed by atoms with van der Waals surface area (Å²) < 4.78 is 85.6. The van der Waals surface area contributed by atoms with Crippen molar-refractivity contribution in [3.63, 3.8) is 0 Å². The third kappa shape index (κ3) is 5.63. The standard InChI is InChI=1S/C24H18Cl2F6N2O4/c1-12-4-13(2-3-18(12)20(35)33-19-10-38-34(21(19)36)11-23(27,28)29)14-8-22(37-9-14,24(30,31)32)15-5-16(25)7-17(26)6-15/h2-8,19H,9-11H2,1H3,(H,33,35). The maximum absolute atomic E-state index is 14.2. The summed E-state index contributed by atoms with van der Waals surface area (Å²) in [6.07, 6.45) is -8.61. The average molecular weight is 583 g/mol. The molecule has 2 atom stereocenters. The highest BCUT2D eigenvalue weighted by Crippen LogP contribution is 2.49. The van der Waals surface area contributed by atoms with Crippen LogP contribution in [0.3, 0.4) is 0 Å². The van der Waals surface area contributed by atoms with Crippen LogP contribution in [0.2, 0.25) is 10.0 Å². The van der Waals surface area contributed by atoms with Crippen molar-refractivity contribution in [1.29, 1.82) is 0 Å². The van der Waals surface area contributed by atoms with Crippen LogP contribution in [0.25, 0.3) is 5.57 Å². The van der Waals surface area contributed by atoms with E-state index in [-0.39, 0.29) is 31.8 Å². The fraction of sp³-hybridized carbons (Fsp3) is 0.333. The molecule has 1 fully saturated rings. The third-order valence-electron chi connectivity index (χ3n) is 5.96. The number of amides is 2. The number of benzene rings is 2. The number of carbonyl (C=O) groups excluding carboxylic acids is 2. The van der Waals surface area contributed by atoms with Gasteiger partial charge in [0.2, 0.25) is 5.60 Å². The fourth-order valence-electron chi connectivity index (χ4n) is 4.17. The van der Waals surface area contributed by atoms with Crippen molar-refractivity contribution >= 4 is 40.6 Å². The molecular formula is C24H18Cl2F6N2O4. The topological polar surface area (TPSA) is 67.9 Å². The zero-order valence-corrected chi connectivity index (χ0v) is 20.9. The summed E-state index contributed by atoms with van der Waals surface area (Å²) in [5.41, 5.74) is -2.15. The van der Waals surface area contributed by atoms with E-state index in [0.717, 1.165) is 18.2 Å². The summed E-state index contributed by atoms with van der Waals surface area (Å²) in [6, 6.07) is 6.39. The molecule has 38 heavy (non-hydrogen) atoms. The van der Waals surface area contributed by atoms with Gasteiger partial charge in [0, 0.05) is 15.6 Å². The molecule has 204 valence electrons. The van der Waals surface area contributed by atoms with E-state index in [9.17, 15) is 35.9 Å². The molecule has 1 N–H and O–H groups in total. The van der Waals surface area contributed by atoms with Gasteiger partial charge in [-0.2, -0.15) is 26.3 Å². The minimum atomic E-state index is -4.85. The lowest BCUT2D eigenvalue weighted by Gasteiger charge is -2.30. The summed E-state index contributed by atoms with van der Waals surface area (Å²) in [5, 5.41) is 2.45. The highest BCUT2D eigenvalue weighted by molar-refractivity contribution is 6.34. The lowest BCUT2D eigenvalue weighted by atomic mass is 9.90. The van der Waals surface area contributed by atoms with Gasteiger partial charge in [0.1, 0.15) is 19.2 Å². The van der Waals surface area contributed by atoms with E-state index in [4.69, 9.17) is 32.8 Å². The van der Waals surface area contributed by atoms with Gasteiger partial charge in [-0.1, -0.05) is 35.3 Å². The first-order valence-electron chi connectivity index (χ1n) is 10.9. The monoisotopic (exact) mass is 582 g/mol. The number of halogens is 8. The molecule has 0 spiro atoms. The minimum absolute atomic E-state index is 0.000422. The minimum Gasteiger partial charge on any atom is -0.352 e. The van der Waals surface area contributed by atoms with Crippen molar-refractivity contribution in [3.05, 3.63) is 74.8 Å². The van der Waals surface area contributed by atoms with Crippen LogP contribution in [-0.2, 0) is 20.0 Å². The Hall–Kier alpha value is -2.80. The van der Waals surface area contributed by atoms with Crippen LogP contribution < -0.4 is 5.32 Å². The highest BCUT2D eigenvalue weighted by Gasteiger charge is 2.58. The first kappa shape index (κ1) is 28.2. The average Bonchev–Trinajstić information content (AvgIpc) is 3.38. The normalized spacial score (nSPS) is 22.1. The summed E-state index contributed by atoms with van der Waals surface area (Å²) >= 11 is 11.8. The van der Waals surface area contributed by atoms with E-state index < -0.39 is 55.6 Å². The van der Waals surface area contributed by atoms with Crippen molar-refractivity contribution in [2.45, 2.75) is 30.9 Å². The molecule has 4 rings (SSSR count). The van der Waals surface area contributed by atoms with Gasteiger partial charge >= 0.3 is 12.4 Å². The molecule has 2 unspecified atom stereocenters. The van der Waals surface area contributed by atoms with Crippen molar-refractivity contribution in [1.82, 2.24) is 10.4 Å². The Balaban J connectivity index is 1.56. The SMILES string of the molecule is Cc1cc(C2=CC(c3cc(Cl)cc(Cl)c3)(C(F)(F)F)OC2)ccc1C(=O)NC1CON(CC(F)(F)F)C1=O. The number of rotatable bonds is 5. The molecular weight excluding hydrogens is 565 g/mol. The Morgan fingerprint density at radius 1 is 1.11 bits per heavy atom. The number of hydrogen-bond donors (Lipinski definition) is 1. The number of hydroxylamine groups is 2. The van der Waals surface area contributed by atoms with Gasteiger partial charge in [0.15, 0.2) is 0 Å². The second kappa shape index (κ2) is 10.1. The van der Waals surface area contributed by atoms with Crippen LogP contribution in [0.4, 0.5) is 26.3 Å². The van der Waals surface area contributed by atoms with Gasteiger partial charge in [-0.25, -0.2) is 5.06 Å². The lowest BCUT2D eigenvalue weighted by Crippen LogP contribution is -2.44. The van der Waals surface area contributed by atoms with Gasteiger partial charge in [0.05, 0.1) is 6.61 Å². The van der Waals surface area contributed by atoms with Crippen LogP contribution >= 0.6 is 23.2 Å². The van der Waals surface area contributed by atoms with Gasteiger partial charge in [-0.05, 0) is 59.5 Å². The molecule has 2 amide bonds.